The van der Waals surface area contributed by atoms with Gasteiger partial charge in [-0.3, -0.25) is 0 Å². The minimum absolute atomic E-state index is 0.0534. The normalized spacial score (nSPS) is 18.6. The van der Waals surface area contributed by atoms with E-state index in [4.69, 9.17) is 4.74 Å². The van der Waals surface area contributed by atoms with Crippen LogP contribution in [-0.4, -0.2) is 33.3 Å². The molecule has 0 amide bonds. The Kier molecular flexibility index (Phi) is 4.95. The minimum Gasteiger partial charge on any atom is -0.493 e. The number of benzene rings is 1. The first-order valence-corrected chi connectivity index (χ1v) is 6.81. The van der Waals surface area contributed by atoms with Gasteiger partial charge in [0.2, 0.25) is 0 Å². The summed E-state index contributed by atoms with van der Waals surface area (Å²) in [5, 5.41) is 3.33. The summed E-state index contributed by atoms with van der Waals surface area (Å²) in [6.45, 7) is 1.97. The third-order valence-corrected chi connectivity index (χ3v) is 3.64. The van der Waals surface area contributed by atoms with Crippen molar-refractivity contribution in [3.8, 4) is 5.75 Å². The van der Waals surface area contributed by atoms with Crippen LogP contribution in [0.5, 0.6) is 5.75 Å². The summed E-state index contributed by atoms with van der Waals surface area (Å²) in [5.41, 5.74) is 0.950. The van der Waals surface area contributed by atoms with Gasteiger partial charge in [-0.15, -0.1) is 0 Å². The van der Waals surface area contributed by atoms with E-state index in [1.165, 1.54) is 20.3 Å². The van der Waals surface area contributed by atoms with Crippen LogP contribution in [0, 0.1) is 11.7 Å². The molecule has 0 bridgehead atoms. The van der Waals surface area contributed by atoms with Crippen LogP contribution in [-0.2, 0) is 11.2 Å². The van der Waals surface area contributed by atoms with Crippen molar-refractivity contribution >= 4 is 5.97 Å². The van der Waals surface area contributed by atoms with Gasteiger partial charge in [0.1, 0.15) is 5.56 Å². The average Bonchev–Trinajstić information content (AvgIpc) is 2.47. The Balaban J connectivity index is 2.25. The Morgan fingerprint density at radius 2 is 2.25 bits per heavy atom. The monoisotopic (exact) mass is 281 g/mol. The van der Waals surface area contributed by atoms with Gasteiger partial charge in [0.25, 0.3) is 0 Å². The number of carbonyl (C=O) groups is 1. The molecule has 1 saturated heterocycles. The zero-order chi connectivity index (χ0) is 14.5. The van der Waals surface area contributed by atoms with E-state index in [0.717, 1.165) is 37.9 Å². The van der Waals surface area contributed by atoms with Gasteiger partial charge in [-0.25, -0.2) is 9.18 Å². The van der Waals surface area contributed by atoms with Crippen molar-refractivity contribution in [3.05, 3.63) is 29.1 Å². The maximum Gasteiger partial charge on any atom is 0.341 e. The van der Waals surface area contributed by atoms with Gasteiger partial charge in [0.15, 0.2) is 11.6 Å². The first-order chi connectivity index (χ1) is 9.65. The molecule has 1 aliphatic heterocycles. The minimum atomic E-state index is -0.579. The Bertz CT molecular complexity index is 484. The highest BCUT2D eigenvalue weighted by molar-refractivity contribution is 5.92. The van der Waals surface area contributed by atoms with Gasteiger partial charge < -0.3 is 14.8 Å². The lowest BCUT2D eigenvalue weighted by Gasteiger charge is -2.23. The van der Waals surface area contributed by atoms with E-state index in [1.807, 2.05) is 0 Å². The van der Waals surface area contributed by atoms with Crippen LogP contribution in [0.25, 0.3) is 0 Å². The SMILES string of the molecule is COC(=O)c1cc(CC2CCCNC2)cc(F)c1OC. The fraction of sp³-hybridized carbons (Fsp3) is 0.533. The number of nitrogens with one attached hydrogen (secondary N) is 1. The number of esters is 1. The lowest BCUT2D eigenvalue weighted by molar-refractivity contribution is 0.0596. The molecular weight excluding hydrogens is 261 g/mol. The Morgan fingerprint density at radius 3 is 2.85 bits per heavy atom. The highest BCUT2D eigenvalue weighted by Crippen LogP contribution is 2.27. The Hall–Kier alpha value is -1.62. The topological polar surface area (TPSA) is 47.6 Å². The number of carbonyl (C=O) groups excluding carboxylic acids is 1. The number of halogens is 1. The second-order valence-electron chi connectivity index (χ2n) is 5.07. The molecule has 0 aliphatic carbocycles. The maximum atomic E-state index is 14.0. The van der Waals surface area contributed by atoms with Crippen molar-refractivity contribution in [2.24, 2.45) is 5.92 Å². The summed E-state index contributed by atoms with van der Waals surface area (Å²) < 4.78 is 23.7. The standard InChI is InChI=1S/C15H20FNO3/c1-19-14-12(15(18)20-2)7-11(8-13(14)16)6-10-4-3-5-17-9-10/h7-8,10,17H,3-6,9H2,1-2H3. The van der Waals surface area contributed by atoms with Crippen LogP contribution in [0.1, 0.15) is 28.8 Å². The number of piperidine rings is 1. The quantitative estimate of drug-likeness (QED) is 0.859. The summed E-state index contributed by atoms with van der Waals surface area (Å²) in [6, 6.07) is 3.11. The molecule has 20 heavy (non-hydrogen) atoms. The summed E-state index contributed by atoms with van der Waals surface area (Å²) in [5.74, 6) is -0.678. The van der Waals surface area contributed by atoms with Gasteiger partial charge >= 0.3 is 5.97 Å². The number of methoxy groups -OCH3 is 2. The Morgan fingerprint density at radius 1 is 1.45 bits per heavy atom. The molecule has 1 fully saturated rings. The first kappa shape index (κ1) is 14.8. The number of hydrogen-bond donors (Lipinski definition) is 1. The van der Waals surface area contributed by atoms with Crippen LogP contribution in [0.4, 0.5) is 4.39 Å². The van der Waals surface area contributed by atoms with E-state index in [-0.39, 0.29) is 11.3 Å². The van der Waals surface area contributed by atoms with Crippen LogP contribution in [0.15, 0.2) is 12.1 Å². The van der Waals surface area contributed by atoms with E-state index >= 15 is 0 Å². The molecule has 0 radical (unpaired) electrons. The van der Waals surface area contributed by atoms with E-state index in [9.17, 15) is 9.18 Å². The molecule has 110 valence electrons. The van der Waals surface area contributed by atoms with Gasteiger partial charge in [0, 0.05) is 0 Å². The molecule has 1 aromatic rings. The van der Waals surface area contributed by atoms with E-state index in [1.54, 1.807) is 6.07 Å². The van der Waals surface area contributed by atoms with Crippen LogP contribution < -0.4 is 10.1 Å². The molecule has 1 heterocycles. The maximum absolute atomic E-state index is 14.0. The molecule has 0 saturated carbocycles. The van der Waals surface area contributed by atoms with Gasteiger partial charge in [-0.05, 0) is 56.0 Å². The summed E-state index contributed by atoms with van der Waals surface area (Å²) >= 11 is 0. The third-order valence-electron chi connectivity index (χ3n) is 3.64. The largest absolute Gasteiger partial charge is 0.493 e. The van der Waals surface area contributed by atoms with Crippen molar-refractivity contribution in [3.63, 3.8) is 0 Å². The fourth-order valence-corrected chi connectivity index (χ4v) is 2.67. The highest BCUT2D eigenvalue weighted by atomic mass is 19.1. The van der Waals surface area contributed by atoms with Crippen LogP contribution in [0.2, 0.25) is 0 Å². The molecule has 4 nitrogen and oxygen atoms in total. The molecule has 5 heteroatoms. The van der Waals surface area contributed by atoms with E-state index in [0.29, 0.717) is 5.92 Å². The summed E-state index contributed by atoms with van der Waals surface area (Å²) in [7, 11) is 2.62. The average molecular weight is 281 g/mol. The van der Waals surface area contributed by atoms with Crippen molar-refractivity contribution in [1.29, 1.82) is 0 Å². The molecule has 1 N–H and O–H groups in total. The first-order valence-electron chi connectivity index (χ1n) is 6.81. The molecule has 1 atom stereocenters. The third kappa shape index (κ3) is 3.28. The summed E-state index contributed by atoms with van der Waals surface area (Å²) in [4.78, 5) is 11.7. The molecular formula is C15H20FNO3. The molecule has 0 spiro atoms. The van der Waals surface area contributed by atoms with E-state index in [2.05, 4.69) is 10.1 Å². The number of hydrogen-bond acceptors (Lipinski definition) is 4. The van der Waals surface area contributed by atoms with Gasteiger partial charge in [0.05, 0.1) is 14.2 Å². The lowest BCUT2D eigenvalue weighted by atomic mass is 9.91. The number of rotatable bonds is 4. The second-order valence-corrected chi connectivity index (χ2v) is 5.07. The van der Waals surface area contributed by atoms with Crippen LogP contribution >= 0.6 is 0 Å². The zero-order valence-electron chi connectivity index (χ0n) is 11.9. The fourth-order valence-electron chi connectivity index (χ4n) is 2.67. The number of ether oxygens (including phenoxy) is 2. The predicted molar refractivity (Wildman–Crippen MR) is 73.6 cm³/mol. The van der Waals surface area contributed by atoms with Gasteiger partial charge in [-0.1, -0.05) is 0 Å². The molecule has 0 aromatic heterocycles. The van der Waals surface area contributed by atoms with Crippen molar-refractivity contribution < 1.29 is 18.7 Å². The molecule has 1 unspecified atom stereocenters. The molecule has 1 aromatic carbocycles. The summed E-state index contributed by atoms with van der Waals surface area (Å²) in [6.07, 6.45) is 3.00. The molecule has 1 aliphatic rings. The predicted octanol–water partition coefficient (Wildman–Crippen LogP) is 2.16. The van der Waals surface area contributed by atoms with E-state index < -0.39 is 11.8 Å². The molecule has 2 rings (SSSR count). The lowest BCUT2D eigenvalue weighted by Crippen LogP contribution is -2.30. The van der Waals surface area contributed by atoms with Crippen molar-refractivity contribution in [1.82, 2.24) is 5.32 Å². The zero-order valence-corrected chi connectivity index (χ0v) is 11.9. The van der Waals surface area contributed by atoms with Crippen molar-refractivity contribution in [2.75, 3.05) is 27.3 Å². The van der Waals surface area contributed by atoms with Crippen LogP contribution in [0.3, 0.4) is 0 Å². The second kappa shape index (κ2) is 6.70. The highest BCUT2D eigenvalue weighted by Gasteiger charge is 2.20. The smallest absolute Gasteiger partial charge is 0.341 e. The van der Waals surface area contributed by atoms with Crippen molar-refractivity contribution in [2.45, 2.75) is 19.3 Å². The Labute approximate surface area is 118 Å². The van der Waals surface area contributed by atoms with Gasteiger partial charge in [-0.2, -0.15) is 0 Å².